The number of carbonyl (C=O) groups is 1. The molecule has 1 saturated heterocycles. The number of nitrogens with one attached hydrogen (secondary N) is 2. The molecule has 1 aromatic heterocycles. The highest BCUT2D eigenvalue weighted by Gasteiger charge is 2.16. The van der Waals surface area contributed by atoms with Crippen molar-refractivity contribution in [3.05, 3.63) is 28.6 Å². The molecule has 2 rings (SSSR count). The zero-order valence-corrected chi connectivity index (χ0v) is 10.5. The second-order valence-electron chi connectivity index (χ2n) is 4.43. The van der Waals surface area contributed by atoms with Gasteiger partial charge in [0.15, 0.2) is 0 Å². The van der Waals surface area contributed by atoms with E-state index in [4.69, 9.17) is 0 Å². The molecule has 0 aliphatic carbocycles. The highest BCUT2D eigenvalue weighted by atomic mass is 16.1. The summed E-state index contributed by atoms with van der Waals surface area (Å²) in [7, 11) is 1.88. The lowest BCUT2D eigenvalue weighted by Crippen LogP contribution is -2.37. The van der Waals surface area contributed by atoms with Crippen LogP contribution in [0.25, 0.3) is 0 Å². The van der Waals surface area contributed by atoms with Crippen molar-refractivity contribution in [1.82, 2.24) is 20.4 Å². The summed E-state index contributed by atoms with van der Waals surface area (Å²) in [4.78, 5) is 11.8. The third-order valence-electron chi connectivity index (χ3n) is 3.10. The Bertz CT molecular complexity index is 467. The number of amides is 1. The lowest BCUT2D eigenvalue weighted by Gasteiger charge is -2.21. The van der Waals surface area contributed by atoms with E-state index in [0.717, 1.165) is 29.9 Å². The Morgan fingerprint density at radius 2 is 2.29 bits per heavy atom. The van der Waals surface area contributed by atoms with Crippen LogP contribution in [0.15, 0.2) is 17.3 Å². The van der Waals surface area contributed by atoms with Gasteiger partial charge in [0.05, 0.1) is 5.69 Å². The Labute approximate surface area is 101 Å². The maximum absolute atomic E-state index is 11.8. The second kappa shape index (κ2) is 4.71. The minimum absolute atomic E-state index is 0.0183. The molecule has 0 spiro atoms. The van der Waals surface area contributed by atoms with Crippen LogP contribution in [-0.4, -0.2) is 28.8 Å². The van der Waals surface area contributed by atoms with Gasteiger partial charge < -0.3 is 10.6 Å². The molecule has 1 aliphatic heterocycles. The molecule has 0 unspecified atom stereocenters. The summed E-state index contributed by atoms with van der Waals surface area (Å²) in [6.45, 7) is 6.04. The van der Waals surface area contributed by atoms with E-state index in [2.05, 4.69) is 15.7 Å². The van der Waals surface area contributed by atoms with Crippen molar-refractivity contribution in [2.75, 3.05) is 13.1 Å². The second-order valence-corrected chi connectivity index (χ2v) is 4.43. The average Bonchev–Trinajstić information content (AvgIpc) is 2.51. The van der Waals surface area contributed by atoms with Gasteiger partial charge in [0, 0.05) is 44.0 Å². The van der Waals surface area contributed by atoms with Crippen molar-refractivity contribution in [2.45, 2.75) is 20.4 Å². The molecular weight excluding hydrogens is 216 g/mol. The molecule has 5 heteroatoms. The predicted molar refractivity (Wildman–Crippen MR) is 65.4 cm³/mol. The summed E-state index contributed by atoms with van der Waals surface area (Å²) in [6.07, 6.45) is 1.93. The summed E-state index contributed by atoms with van der Waals surface area (Å²) in [5.74, 6) is 0.0183. The largest absolute Gasteiger partial charge is 0.348 e. The third-order valence-corrected chi connectivity index (χ3v) is 3.10. The van der Waals surface area contributed by atoms with Crippen LogP contribution in [0.4, 0.5) is 0 Å². The van der Waals surface area contributed by atoms with Gasteiger partial charge in [-0.15, -0.1) is 0 Å². The molecule has 0 bridgehead atoms. The molecule has 5 nitrogen and oxygen atoms in total. The van der Waals surface area contributed by atoms with E-state index >= 15 is 0 Å². The molecule has 1 fully saturated rings. The van der Waals surface area contributed by atoms with Crippen molar-refractivity contribution in [1.29, 1.82) is 0 Å². The van der Waals surface area contributed by atoms with Crippen LogP contribution in [0.3, 0.4) is 0 Å². The molecule has 0 saturated carbocycles. The third kappa shape index (κ3) is 2.55. The number of aromatic nitrogens is 2. The number of carbonyl (C=O) groups excluding carboxylic acids is 1. The topological polar surface area (TPSA) is 59.0 Å². The van der Waals surface area contributed by atoms with Gasteiger partial charge in [-0.2, -0.15) is 5.10 Å². The molecule has 0 aromatic carbocycles. The molecule has 1 aromatic rings. The van der Waals surface area contributed by atoms with Gasteiger partial charge in [-0.3, -0.25) is 9.48 Å². The first-order valence-electron chi connectivity index (χ1n) is 5.74. The van der Waals surface area contributed by atoms with Crippen molar-refractivity contribution in [2.24, 2.45) is 7.05 Å². The number of hydrogen-bond acceptors (Lipinski definition) is 3. The summed E-state index contributed by atoms with van der Waals surface area (Å²) < 4.78 is 1.76. The van der Waals surface area contributed by atoms with Crippen LogP contribution in [0.5, 0.6) is 0 Å². The first kappa shape index (κ1) is 11.9. The molecule has 0 radical (unpaired) electrons. The minimum Gasteiger partial charge on any atom is -0.348 e. The van der Waals surface area contributed by atoms with Crippen LogP contribution in [-0.2, 0) is 18.4 Å². The normalized spacial score (nSPS) is 14.4. The predicted octanol–water partition coefficient (Wildman–Crippen LogP) is 0.264. The molecule has 1 amide bonds. The summed E-state index contributed by atoms with van der Waals surface area (Å²) in [6, 6.07) is 0. The van der Waals surface area contributed by atoms with Crippen molar-refractivity contribution in [3.8, 4) is 0 Å². The molecule has 2 heterocycles. The molecule has 2 N–H and O–H groups in total. The Morgan fingerprint density at radius 1 is 1.59 bits per heavy atom. The van der Waals surface area contributed by atoms with E-state index in [1.807, 2.05) is 27.1 Å². The maximum Gasteiger partial charge on any atom is 0.247 e. The van der Waals surface area contributed by atoms with Crippen molar-refractivity contribution >= 4 is 5.91 Å². The fraction of sp³-hybridized carbons (Fsp3) is 0.500. The lowest BCUT2D eigenvalue weighted by molar-refractivity contribution is -0.117. The fourth-order valence-electron chi connectivity index (χ4n) is 1.81. The number of nitrogens with zero attached hydrogens (tertiary/aromatic N) is 2. The van der Waals surface area contributed by atoms with Crippen molar-refractivity contribution in [3.63, 3.8) is 0 Å². The van der Waals surface area contributed by atoms with E-state index in [9.17, 15) is 4.79 Å². The summed E-state index contributed by atoms with van der Waals surface area (Å²) in [5, 5.41) is 10.3. The number of hydrogen-bond donors (Lipinski definition) is 2. The van der Waals surface area contributed by atoms with E-state index in [1.54, 1.807) is 4.68 Å². The van der Waals surface area contributed by atoms with Crippen LogP contribution >= 0.6 is 0 Å². The zero-order valence-electron chi connectivity index (χ0n) is 10.5. The monoisotopic (exact) mass is 234 g/mol. The summed E-state index contributed by atoms with van der Waals surface area (Å²) >= 11 is 0. The molecule has 17 heavy (non-hydrogen) atoms. The number of aryl methyl sites for hydroxylation is 2. The first-order chi connectivity index (χ1) is 8.08. The van der Waals surface area contributed by atoms with Gasteiger partial charge in [-0.1, -0.05) is 0 Å². The van der Waals surface area contributed by atoms with Crippen LogP contribution in [0.1, 0.15) is 18.2 Å². The van der Waals surface area contributed by atoms with E-state index in [0.29, 0.717) is 6.54 Å². The van der Waals surface area contributed by atoms with E-state index in [1.165, 1.54) is 5.57 Å². The maximum atomic E-state index is 11.8. The quantitative estimate of drug-likeness (QED) is 0.738. The van der Waals surface area contributed by atoms with Crippen molar-refractivity contribution < 1.29 is 4.79 Å². The molecule has 0 atom stereocenters. The Hall–Kier alpha value is -1.62. The van der Waals surface area contributed by atoms with E-state index < -0.39 is 0 Å². The number of rotatable bonds is 3. The van der Waals surface area contributed by atoms with Gasteiger partial charge in [-0.25, -0.2) is 0 Å². The first-order valence-corrected chi connectivity index (χ1v) is 5.74. The highest BCUT2D eigenvalue weighted by Crippen LogP contribution is 2.09. The van der Waals surface area contributed by atoms with Gasteiger partial charge in [0.1, 0.15) is 0 Å². The zero-order chi connectivity index (χ0) is 12.4. The Morgan fingerprint density at radius 3 is 2.76 bits per heavy atom. The van der Waals surface area contributed by atoms with Gasteiger partial charge in [-0.05, 0) is 19.4 Å². The van der Waals surface area contributed by atoms with E-state index in [-0.39, 0.29) is 5.91 Å². The molecular formula is C12H18N4O. The SMILES string of the molecule is CC(C(=O)NCc1cn(C)nc1C)=C1CNC1. The lowest BCUT2D eigenvalue weighted by atomic mass is 10.0. The van der Waals surface area contributed by atoms with Gasteiger partial charge in [0.25, 0.3) is 0 Å². The van der Waals surface area contributed by atoms with Gasteiger partial charge >= 0.3 is 0 Å². The van der Waals surface area contributed by atoms with Crippen LogP contribution in [0.2, 0.25) is 0 Å². The standard InChI is InChI=1S/C12H18N4O/c1-8(10-4-13-5-10)12(17)14-6-11-7-16(3)15-9(11)2/h7,13H,4-6H2,1-3H3,(H,14,17). The smallest absolute Gasteiger partial charge is 0.247 e. The van der Waals surface area contributed by atoms with Crippen LogP contribution < -0.4 is 10.6 Å². The van der Waals surface area contributed by atoms with Crippen LogP contribution in [0, 0.1) is 6.92 Å². The fourth-order valence-corrected chi connectivity index (χ4v) is 1.81. The minimum atomic E-state index is 0.0183. The average molecular weight is 234 g/mol. The van der Waals surface area contributed by atoms with Gasteiger partial charge in [0.2, 0.25) is 5.91 Å². The molecule has 92 valence electrons. The molecule has 1 aliphatic rings. The highest BCUT2D eigenvalue weighted by molar-refractivity contribution is 5.93. The Balaban J connectivity index is 1.94. The summed E-state index contributed by atoms with van der Waals surface area (Å²) in [5.41, 5.74) is 4.06. The Kier molecular flexibility index (Phi) is 3.28.